The van der Waals surface area contributed by atoms with E-state index in [0.717, 1.165) is 180 Å². The molecule has 5 atom stereocenters. The summed E-state index contributed by atoms with van der Waals surface area (Å²) in [5.74, 6) is -1.57. The van der Waals surface area contributed by atoms with Crippen LogP contribution in [0.2, 0.25) is 0 Å². The summed E-state index contributed by atoms with van der Waals surface area (Å²) in [5, 5.41) is 20.8. The van der Waals surface area contributed by atoms with E-state index in [1.54, 1.807) is 0 Å². The highest BCUT2D eigenvalue weighted by molar-refractivity contribution is 7.47. The maximum absolute atomic E-state index is 13.1. The van der Waals surface area contributed by atoms with Crippen molar-refractivity contribution in [1.82, 2.24) is 0 Å². The average Bonchev–Trinajstić information content (AvgIpc) is 0.899. The van der Waals surface area contributed by atoms with Crippen LogP contribution in [-0.2, 0) is 55.8 Å². The summed E-state index contributed by atoms with van der Waals surface area (Å²) in [6.45, 7) is 2.49. The Kier molecular flexibility index (Phi) is 97.0. The summed E-state index contributed by atoms with van der Waals surface area (Å²) in [5.41, 5.74) is 0. The fourth-order valence-corrected chi connectivity index (χ4v) is 15.6. The second-order valence-corrected chi connectivity index (χ2v) is 37.1. The number of allylic oxidation sites excluding steroid dienone is 32. The van der Waals surface area contributed by atoms with Crippen molar-refractivity contribution in [2.45, 2.75) is 450 Å². The summed E-state index contributed by atoms with van der Waals surface area (Å²) >= 11 is 0. The second-order valence-electron chi connectivity index (χ2n) is 34.2. The molecule has 0 amide bonds. The predicted molar refractivity (Wildman–Crippen MR) is 546 cm³/mol. The molecule has 0 aliphatic rings. The van der Waals surface area contributed by atoms with E-state index < -0.39 is 91.5 Å². The Balaban J connectivity index is 4.61. The van der Waals surface area contributed by atoms with Crippen LogP contribution in [-0.4, -0.2) is 95.9 Å². The summed E-state index contributed by atoms with van der Waals surface area (Å²) < 4.78 is 61.7. The summed E-state index contributed by atoms with van der Waals surface area (Å²) in [7, 11) is -9.82. The molecule has 18 heteroatoms. The fourth-order valence-electron chi connectivity index (χ4n) is 14.0. The minimum atomic E-state index is -4.95. The van der Waals surface area contributed by atoms with E-state index in [2.05, 4.69) is 215 Å². The first-order valence-electron chi connectivity index (χ1n) is 51.7. The van der Waals surface area contributed by atoms with E-state index in [4.69, 9.17) is 32.3 Å². The first-order valence-corrected chi connectivity index (χ1v) is 54.7. The number of phosphoric ester groups is 2. The monoisotopic (exact) mass is 1840 g/mol. The smallest absolute Gasteiger partial charge is 0.463 e. The molecule has 0 bridgehead atoms. The van der Waals surface area contributed by atoms with Crippen molar-refractivity contribution in [2.75, 3.05) is 39.6 Å². The van der Waals surface area contributed by atoms with Crippen LogP contribution >= 0.6 is 15.6 Å². The van der Waals surface area contributed by atoms with Crippen molar-refractivity contribution in [1.29, 1.82) is 0 Å². The molecule has 0 saturated carbocycles. The number of hydrogen-bond acceptors (Lipinski definition) is 14. The molecule has 16 nitrogen and oxygen atoms in total. The van der Waals surface area contributed by atoms with Gasteiger partial charge in [0, 0.05) is 19.3 Å². The first-order chi connectivity index (χ1) is 63.2. The predicted octanol–water partition coefficient (Wildman–Crippen LogP) is 32.9. The summed E-state index contributed by atoms with van der Waals surface area (Å²) in [4.78, 5) is 59.2. The topological polar surface area (TPSA) is 231 Å². The number of ether oxygens (including phenoxy) is 3. The Hall–Kier alpha value is -5.61. The average molecular weight is 1840 g/mol. The number of rotatable bonds is 97. The second kappa shape index (κ2) is 101. The zero-order valence-electron chi connectivity index (χ0n) is 81.8. The van der Waals surface area contributed by atoms with Gasteiger partial charge < -0.3 is 34.2 Å². The molecular formula is C111H188O16P2. The molecule has 0 saturated heterocycles. The van der Waals surface area contributed by atoms with Crippen LogP contribution < -0.4 is 0 Å². The van der Waals surface area contributed by atoms with Crippen molar-refractivity contribution >= 4 is 33.6 Å². The maximum Gasteiger partial charge on any atom is 0.472 e. The number of carbonyl (C=O) groups excluding carboxylic acids is 3. The van der Waals surface area contributed by atoms with Crippen LogP contribution in [0.25, 0.3) is 0 Å². The molecule has 0 spiro atoms. The van der Waals surface area contributed by atoms with Crippen LogP contribution in [0, 0.1) is 0 Å². The Morgan fingerprint density at radius 1 is 0.225 bits per heavy atom. The van der Waals surface area contributed by atoms with Crippen molar-refractivity contribution in [2.24, 2.45) is 0 Å². The third-order valence-electron chi connectivity index (χ3n) is 21.8. The summed E-state index contributed by atoms with van der Waals surface area (Å²) in [6, 6.07) is 0. The summed E-state index contributed by atoms with van der Waals surface area (Å²) in [6.07, 6.45) is 136. The minimum absolute atomic E-state index is 0.0962. The van der Waals surface area contributed by atoms with Gasteiger partial charge in [0.05, 0.1) is 26.4 Å². The zero-order valence-corrected chi connectivity index (χ0v) is 83.6. The molecule has 0 aromatic rings. The van der Waals surface area contributed by atoms with Gasteiger partial charge in [0.25, 0.3) is 0 Å². The van der Waals surface area contributed by atoms with Crippen LogP contribution in [0.5, 0.6) is 0 Å². The van der Waals surface area contributed by atoms with E-state index in [0.29, 0.717) is 19.3 Å². The number of carbonyl (C=O) groups is 3. The quantitative estimate of drug-likeness (QED) is 0.0146. The molecule has 4 N–H and O–H groups in total. The van der Waals surface area contributed by atoms with Gasteiger partial charge in [0.2, 0.25) is 0 Å². The van der Waals surface area contributed by atoms with Gasteiger partial charge in [0.15, 0.2) is 6.10 Å². The Morgan fingerprint density at radius 2 is 0.411 bits per heavy atom. The molecule has 0 aromatic carbocycles. The molecule has 0 rings (SSSR count). The van der Waals surface area contributed by atoms with E-state index in [1.807, 2.05) is 0 Å². The molecule has 0 aliphatic heterocycles. The highest BCUT2D eigenvalue weighted by atomic mass is 31.2. The van der Waals surface area contributed by atoms with E-state index in [-0.39, 0.29) is 19.3 Å². The minimum Gasteiger partial charge on any atom is -0.463 e. The van der Waals surface area contributed by atoms with Crippen molar-refractivity contribution in [3.8, 4) is 0 Å². The molecule has 5 unspecified atom stereocenters. The van der Waals surface area contributed by atoms with Gasteiger partial charge in [-0.1, -0.05) is 440 Å². The first kappa shape index (κ1) is 123. The number of aliphatic hydroxyl groups excluding tert-OH is 2. The van der Waals surface area contributed by atoms with Crippen LogP contribution in [0.1, 0.15) is 432 Å². The van der Waals surface area contributed by atoms with Crippen molar-refractivity contribution < 1.29 is 75.8 Å². The zero-order chi connectivity index (χ0) is 93.5. The van der Waals surface area contributed by atoms with Gasteiger partial charge in [-0.25, -0.2) is 9.13 Å². The Morgan fingerprint density at radius 3 is 0.651 bits per heavy atom. The highest BCUT2D eigenvalue weighted by Gasteiger charge is 2.30. The lowest BCUT2D eigenvalue weighted by atomic mass is 10.0. The van der Waals surface area contributed by atoms with Gasteiger partial charge in [-0.2, -0.15) is 0 Å². The normalized spacial score (nSPS) is 14.4. The van der Waals surface area contributed by atoms with Gasteiger partial charge in [0.1, 0.15) is 25.4 Å². The van der Waals surface area contributed by atoms with Crippen LogP contribution in [0.3, 0.4) is 0 Å². The van der Waals surface area contributed by atoms with Crippen molar-refractivity contribution in [3.63, 3.8) is 0 Å². The van der Waals surface area contributed by atoms with Gasteiger partial charge in [-0.15, -0.1) is 0 Å². The SMILES string of the molecule is CC/C=C\C/C=C\C/C=C\C/C=C\C/C=C\C/C=C\CCCCCCCCCCCCCCCCCCC(=O)OCC(O)COP(=O)(O)OCC(O)COP(=O)(O)OCC(COC(=O)CCCCCCCCCCCCCC/C=C\C/C=C\C/C=C\C/C=C\C/C=C\C/C=C\CC)OC(=O)CCCCCCCCCCCCC/C=C\C/C=C\C/C=C\C/C=C\CCCCC. The van der Waals surface area contributed by atoms with Gasteiger partial charge in [-0.05, 0) is 167 Å². The Labute approximate surface area is 788 Å². The third-order valence-corrected chi connectivity index (χ3v) is 23.7. The maximum atomic E-state index is 13.1. The lowest BCUT2D eigenvalue weighted by molar-refractivity contribution is -0.161. The number of aliphatic hydroxyl groups is 2. The van der Waals surface area contributed by atoms with E-state index in [1.165, 1.54) is 193 Å². The van der Waals surface area contributed by atoms with Gasteiger partial charge >= 0.3 is 33.6 Å². The number of hydrogen-bond donors (Lipinski definition) is 4. The molecule has 0 heterocycles. The van der Waals surface area contributed by atoms with Crippen LogP contribution in [0.4, 0.5) is 0 Å². The number of unbranched alkanes of at least 4 members (excludes halogenated alkanes) is 42. The molecule has 129 heavy (non-hydrogen) atoms. The molecule has 0 aliphatic carbocycles. The molecule has 0 fully saturated rings. The van der Waals surface area contributed by atoms with Gasteiger partial charge in [-0.3, -0.25) is 32.5 Å². The highest BCUT2D eigenvalue weighted by Crippen LogP contribution is 2.45. The lowest BCUT2D eigenvalue weighted by Crippen LogP contribution is -2.30. The van der Waals surface area contributed by atoms with E-state index in [9.17, 15) is 43.5 Å². The fraction of sp³-hybridized carbons (Fsp3) is 0.685. The van der Waals surface area contributed by atoms with Crippen molar-refractivity contribution in [3.05, 3.63) is 194 Å². The molecule has 0 aromatic heterocycles. The standard InChI is InChI=1S/C111H188O16P2/c1-4-7-10-13-16-19-22-25-28-31-34-37-40-43-46-48-50-51-52-53-55-57-59-61-64-67-70-73-76-79-82-85-88-91-94-97-109(114)121-100-106(112)101-123-128(117,118)124-102-107(113)103-125-129(119,120)126-105-108(127-111(116)99-96-93-90-87-84-81-78-75-72-69-66-63-58-45-42-39-36-33-30-27-24-21-18-15-12-9-6-3)104-122-110(115)98-95-92-89-86-83-80-77-74-71-68-65-62-60-56-54-49-47-44-41-38-35-32-29-26-23-20-17-14-11-8-5-2/h7-8,10-11,16-21,25-30,34-39,43-47,50-51,54,56,58,106-108,112-113H,4-6,9,12-15,22-24,31-33,40-42,48-49,52-53,55,57,59-105H2,1-3H3,(H,117,118)(H,119,120)/b10-7-,11-8-,19-16-,20-17-,21-18-,28-25-,29-26-,30-27-,37-34-,38-35-,39-36-,46-43-,47-44-,51-50-,56-54-,58-45-. The Bertz CT molecular complexity index is 3130. The third kappa shape index (κ3) is 103. The largest absolute Gasteiger partial charge is 0.472 e. The lowest BCUT2D eigenvalue weighted by Gasteiger charge is -2.21. The molecule has 738 valence electrons. The molecule has 0 radical (unpaired) electrons. The molecular weight excluding hydrogens is 1650 g/mol. The number of phosphoric acid groups is 2. The number of esters is 3. The van der Waals surface area contributed by atoms with E-state index >= 15 is 0 Å². The van der Waals surface area contributed by atoms with Crippen LogP contribution in [0.15, 0.2) is 194 Å².